The third-order valence-electron chi connectivity index (χ3n) is 7.68. The molecule has 1 aromatic carbocycles. The van der Waals surface area contributed by atoms with Crippen LogP contribution < -0.4 is 21.3 Å². The average molecular weight is 663 g/mol. The molecule has 3 aliphatic rings. The van der Waals surface area contributed by atoms with E-state index in [9.17, 15) is 31.5 Å². The summed E-state index contributed by atoms with van der Waals surface area (Å²) >= 11 is 0. The molecule has 2 aromatic rings. The van der Waals surface area contributed by atoms with E-state index in [4.69, 9.17) is 0 Å². The Balaban J connectivity index is 1.27. The van der Waals surface area contributed by atoms with Crippen LogP contribution in [0, 0.1) is 18.7 Å². The molecule has 3 aliphatic heterocycles. The van der Waals surface area contributed by atoms with Crippen LogP contribution in [0.5, 0.6) is 0 Å². The smallest absolute Gasteiger partial charge is 0.354 e. The molecule has 2 amide bonds. The van der Waals surface area contributed by atoms with Crippen molar-refractivity contribution in [2.24, 2.45) is 10.9 Å². The number of carbonyl (C=O) groups is 2. The molecule has 0 aliphatic carbocycles. The van der Waals surface area contributed by atoms with Crippen LogP contribution in [0.4, 0.5) is 32.0 Å². The van der Waals surface area contributed by atoms with Gasteiger partial charge < -0.3 is 26.2 Å². The van der Waals surface area contributed by atoms with Gasteiger partial charge in [0, 0.05) is 48.4 Å². The zero-order chi connectivity index (χ0) is 33.9. The van der Waals surface area contributed by atoms with Gasteiger partial charge in [-0.1, -0.05) is 5.73 Å². The molecule has 0 saturated carbocycles. The van der Waals surface area contributed by atoms with Gasteiger partial charge in [0.05, 0.1) is 11.3 Å². The predicted octanol–water partition coefficient (Wildman–Crippen LogP) is 4.54. The topological polar surface area (TPSA) is 116 Å². The van der Waals surface area contributed by atoms with Crippen LogP contribution in [-0.4, -0.2) is 64.4 Å². The number of fused-ring (bicyclic) bond motifs is 1. The lowest BCUT2D eigenvalue weighted by molar-refractivity contribution is -0.141. The van der Waals surface area contributed by atoms with Gasteiger partial charge in [0.2, 0.25) is 5.91 Å². The largest absolute Gasteiger partial charge is 0.435 e. The van der Waals surface area contributed by atoms with Crippen LogP contribution in [0.25, 0.3) is 5.70 Å². The van der Waals surface area contributed by atoms with Gasteiger partial charge in [0.15, 0.2) is 11.5 Å². The highest BCUT2D eigenvalue weighted by Gasteiger charge is 2.40. The van der Waals surface area contributed by atoms with Crippen molar-refractivity contribution in [1.82, 2.24) is 30.6 Å². The Morgan fingerprint density at radius 1 is 1.19 bits per heavy atom. The van der Waals surface area contributed by atoms with Gasteiger partial charge in [-0.2, -0.15) is 18.3 Å². The summed E-state index contributed by atoms with van der Waals surface area (Å²) in [6.45, 7) is 3.92. The van der Waals surface area contributed by atoms with Crippen LogP contribution in [0.15, 0.2) is 59.3 Å². The van der Waals surface area contributed by atoms with Crippen molar-refractivity contribution in [3.63, 3.8) is 0 Å². The fraction of sp³-hybridized carbons (Fsp3) is 0.387. The first-order valence-corrected chi connectivity index (χ1v) is 14.8. The standard InChI is InChI=1S/C31H32F6N8O2/c1-17-12-20(13-22(32)26(17)30(47)41-18(2)14-40-29(46)19-6-8-38-9-7-19)42-28-24-5-3-4-23(45(24)11-10-39-28)21-15-44(16-25(33)34)43-27(21)31(35,36)37/h3-4,10-13,15,18-19,25,38H,6-9,14,16H2,1-2H3,(H,39,42)(H,40,46)(H,41,47)/t18-/m1/s1. The summed E-state index contributed by atoms with van der Waals surface area (Å²) in [7, 11) is 0. The normalized spacial score (nSPS) is 17.1. The molecule has 16 heteroatoms. The summed E-state index contributed by atoms with van der Waals surface area (Å²) in [6.07, 6.45) is -0.147. The number of aromatic nitrogens is 2. The third kappa shape index (κ3) is 7.77. The molecular weight excluding hydrogens is 630 g/mol. The van der Waals surface area contributed by atoms with Gasteiger partial charge in [0.25, 0.3) is 12.3 Å². The van der Waals surface area contributed by atoms with Crippen molar-refractivity contribution < 1.29 is 35.9 Å². The van der Waals surface area contributed by atoms with Gasteiger partial charge in [-0.05, 0) is 69.6 Å². The quantitative estimate of drug-likeness (QED) is 0.232. The lowest BCUT2D eigenvalue weighted by Crippen LogP contribution is -2.45. The number of halogens is 6. The monoisotopic (exact) mass is 662 g/mol. The maximum atomic E-state index is 15.3. The first-order chi connectivity index (χ1) is 22.3. The van der Waals surface area contributed by atoms with Crippen LogP contribution in [-0.2, 0) is 17.5 Å². The molecule has 1 fully saturated rings. The lowest BCUT2D eigenvalue weighted by Gasteiger charge is -2.29. The van der Waals surface area contributed by atoms with E-state index in [1.807, 2.05) is 0 Å². The predicted molar refractivity (Wildman–Crippen MR) is 162 cm³/mol. The second-order valence-electron chi connectivity index (χ2n) is 11.3. The van der Waals surface area contributed by atoms with Gasteiger partial charge >= 0.3 is 6.18 Å². The zero-order valence-electron chi connectivity index (χ0n) is 25.4. The zero-order valence-corrected chi connectivity index (χ0v) is 25.4. The number of nitrogens with zero attached hydrogens (tertiary/aromatic N) is 4. The Hall–Kier alpha value is -4.82. The number of alkyl halides is 5. The van der Waals surface area contributed by atoms with E-state index in [2.05, 4.69) is 37.1 Å². The Morgan fingerprint density at radius 3 is 2.62 bits per heavy atom. The first-order valence-electron chi connectivity index (χ1n) is 14.8. The maximum absolute atomic E-state index is 15.3. The molecule has 1 saturated heterocycles. The van der Waals surface area contributed by atoms with Gasteiger partial charge in [-0.15, -0.1) is 0 Å². The molecular formula is C31H32F6N8O2. The van der Waals surface area contributed by atoms with Crippen molar-refractivity contribution in [1.29, 1.82) is 0 Å². The van der Waals surface area contributed by atoms with Crippen molar-refractivity contribution in [2.75, 3.05) is 25.0 Å². The number of hydrogen-bond acceptors (Lipinski definition) is 7. The van der Waals surface area contributed by atoms with E-state index in [0.29, 0.717) is 4.68 Å². The number of carbonyl (C=O) groups excluding carboxylic acids is 2. The summed E-state index contributed by atoms with van der Waals surface area (Å²) in [5.41, 5.74) is 1.55. The Morgan fingerprint density at radius 2 is 1.94 bits per heavy atom. The average Bonchev–Trinajstić information content (AvgIpc) is 3.43. The van der Waals surface area contributed by atoms with Crippen molar-refractivity contribution in [3.8, 4) is 0 Å². The molecule has 250 valence electrons. The van der Waals surface area contributed by atoms with Crippen LogP contribution >= 0.6 is 0 Å². The summed E-state index contributed by atoms with van der Waals surface area (Å²) in [5.74, 6) is -1.59. The van der Waals surface area contributed by atoms with E-state index in [1.54, 1.807) is 6.92 Å². The highest BCUT2D eigenvalue weighted by atomic mass is 19.4. The Bertz CT molecular complexity index is 1670. The number of benzene rings is 1. The molecule has 10 nitrogen and oxygen atoms in total. The van der Waals surface area contributed by atoms with Gasteiger partial charge in [-0.25, -0.2) is 18.2 Å². The summed E-state index contributed by atoms with van der Waals surface area (Å²) < 4.78 is 83.3. The number of piperidine rings is 1. The van der Waals surface area contributed by atoms with Crippen LogP contribution in [0.1, 0.15) is 46.9 Å². The van der Waals surface area contributed by atoms with E-state index in [0.717, 1.165) is 38.2 Å². The minimum absolute atomic E-state index is 0.0209. The summed E-state index contributed by atoms with van der Waals surface area (Å²) in [4.78, 5) is 30.9. The Kier molecular flexibility index (Phi) is 9.91. The van der Waals surface area contributed by atoms with E-state index >= 15 is 4.39 Å². The minimum Gasteiger partial charge on any atom is -0.354 e. The van der Waals surface area contributed by atoms with Gasteiger partial charge in [0.1, 0.15) is 18.1 Å². The number of aryl methyl sites for hydroxylation is 1. The molecule has 0 radical (unpaired) electrons. The first kappa shape index (κ1) is 33.5. The molecule has 5 rings (SSSR count). The number of nitrogens with one attached hydrogen (secondary N) is 4. The second-order valence-corrected chi connectivity index (χ2v) is 11.3. The SMILES string of the molecule is Cc1cc(NC2=NC=CN3C2=C=CC=C3c2cn(CC(F)F)nc2C(F)(F)F)cc(F)c1C(=O)N[C@H](C)CNC(=O)C1CCNCC1. The molecule has 0 bridgehead atoms. The molecule has 1 aromatic heterocycles. The maximum Gasteiger partial charge on any atom is 0.435 e. The van der Waals surface area contributed by atoms with Crippen molar-refractivity contribution in [2.45, 2.75) is 51.9 Å². The number of rotatable bonds is 9. The van der Waals surface area contributed by atoms with E-state index in [1.165, 1.54) is 42.4 Å². The third-order valence-corrected chi connectivity index (χ3v) is 7.68. The fourth-order valence-electron chi connectivity index (χ4n) is 5.48. The van der Waals surface area contributed by atoms with Crippen molar-refractivity contribution >= 4 is 29.0 Å². The molecule has 4 heterocycles. The number of aliphatic imine (C=N–C) groups is 1. The second kappa shape index (κ2) is 13.9. The number of anilines is 1. The van der Waals surface area contributed by atoms with E-state index in [-0.39, 0.29) is 52.4 Å². The van der Waals surface area contributed by atoms with Crippen LogP contribution in [0.3, 0.4) is 0 Å². The Labute approximate surface area is 266 Å². The summed E-state index contributed by atoms with van der Waals surface area (Å²) in [6, 6.07) is 2.11. The van der Waals surface area contributed by atoms with Crippen molar-refractivity contribution in [3.05, 3.63) is 82.5 Å². The highest BCUT2D eigenvalue weighted by Crippen LogP contribution is 2.38. The summed E-state index contributed by atoms with van der Waals surface area (Å²) in [5, 5.41) is 15.0. The molecule has 4 N–H and O–H groups in total. The number of amides is 2. The fourth-order valence-corrected chi connectivity index (χ4v) is 5.48. The van der Waals surface area contributed by atoms with E-state index < -0.39 is 48.2 Å². The number of allylic oxidation sites excluding steroid dienone is 1. The number of amidine groups is 1. The van der Waals surface area contributed by atoms with Crippen LogP contribution in [0.2, 0.25) is 0 Å². The lowest BCUT2D eigenvalue weighted by atomic mass is 9.97. The van der Waals surface area contributed by atoms with Gasteiger partial charge in [-0.3, -0.25) is 14.3 Å². The molecule has 0 unspecified atom stereocenters. The molecule has 47 heavy (non-hydrogen) atoms. The highest BCUT2D eigenvalue weighted by molar-refractivity contribution is 6.10. The molecule has 1 atom stereocenters. The minimum atomic E-state index is -4.93. The molecule has 0 spiro atoms. The number of hydrogen-bond donors (Lipinski definition) is 4.